The van der Waals surface area contributed by atoms with E-state index in [2.05, 4.69) is 12.6 Å². The summed E-state index contributed by atoms with van der Waals surface area (Å²) in [5.74, 6) is 0.195. The van der Waals surface area contributed by atoms with Crippen molar-refractivity contribution in [3.05, 3.63) is 24.8 Å². The van der Waals surface area contributed by atoms with Crippen molar-refractivity contribution in [2.24, 2.45) is 17.8 Å². The number of rotatable bonds is 2. The lowest BCUT2D eigenvalue weighted by Crippen LogP contribution is -2.35. The molecule has 0 aliphatic heterocycles. The van der Waals surface area contributed by atoms with Gasteiger partial charge in [0.15, 0.2) is 0 Å². The van der Waals surface area contributed by atoms with Gasteiger partial charge in [-0.1, -0.05) is 18.2 Å². The quantitative estimate of drug-likeness (QED) is 0.648. The van der Waals surface area contributed by atoms with Gasteiger partial charge in [0.25, 0.3) is 0 Å². The summed E-state index contributed by atoms with van der Waals surface area (Å²) < 4.78 is 0. The molecular weight excluding hydrogens is 162 g/mol. The minimum atomic E-state index is -0.706. The highest BCUT2D eigenvalue weighted by molar-refractivity contribution is 5.26. The average molecular weight is 175 g/mol. The van der Waals surface area contributed by atoms with Gasteiger partial charge in [0.2, 0.25) is 0 Å². The van der Waals surface area contributed by atoms with Crippen molar-refractivity contribution in [2.75, 3.05) is 0 Å². The molecule has 0 amide bonds. The third-order valence-corrected chi connectivity index (χ3v) is 3.35. The lowest BCUT2D eigenvalue weighted by molar-refractivity contribution is 0.00335. The number of aliphatic hydroxyl groups is 1. The second-order valence-electron chi connectivity index (χ2n) is 3.97. The Morgan fingerprint density at radius 3 is 3.00 bits per heavy atom. The van der Waals surface area contributed by atoms with Crippen molar-refractivity contribution < 1.29 is 5.11 Å². The van der Waals surface area contributed by atoms with Gasteiger partial charge in [-0.3, -0.25) is 0 Å². The highest BCUT2D eigenvalue weighted by atomic mass is 16.3. The molecule has 1 fully saturated rings. The Morgan fingerprint density at radius 1 is 1.69 bits per heavy atom. The Kier molecular flexibility index (Phi) is 1.78. The van der Waals surface area contributed by atoms with Crippen LogP contribution >= 0.6 is 0 Å². The molecule has 0 aromatic rings. The highest BCUT2D eigenvalue weighted by Crippen LogP contribution is 2.52. The first-order valence-electron chi connectivity index (χ1n) is 4.63. The SMILES string of the molecule is C=CC[C@]1(O)[C@@H]2C=C[C@H]1[C@@H](C#N)C2. The Bertz CT molecular complexity index is 302. The van der Waals surface area contributed by atoms with E-state index in [9.17, 15) is 5.11 Å². The van der Waals surface area contributed by atoms with Gasteiger partial charge in [-0.25, -0.2) is 0 Å². The summed E-state index contributed by atoms with van der Waals surface area (Å²) in [6.07, 6.45) is 7.18. The number of nitriles is 1. The largest absolute Gasteiger partial charge is 0.388 e. The number of hydrogen-bond donors (Lipinski definition) is 1. The van der Waals surface area contributed by atoms with E-state index in [1.165, 1.54) is 0 Å². The molecule has 0 spiro atoms. The molecule has 0 unspecified atom stereocenters. The number of hydrogen-bond acceptors (Lipinski definition) is 2. The first-order chi connectivity index (χ1) is 6.22. The second kappa shape index (κ2) is 2.71. The summed E-state index contributed by atoms with van der Waals surface area (Å²) in [6, 6.07) is 2.26. The molecule has 2 heteroatoms. The normalized spacial score (nSPS) is 46.3. The van der Waals surface area contributed by atoms with Gasteiger partial charge in [0.1, 0.15) is 0 Å². The predicted octanol–water partition coefficient (Wildman–Crippen LogP) is 1.64. The summed E-state index contributed by atoms with van der Waals surface area (Å²) >= 11 is 0. The van der Waals surface area contributed by atoms with Crippen molar-refractivity contribution in [3.8, 4) is 6.07 Å². The summed E-state index contributed by atoms with van der Waals surface area (Å²) in [7, 11) is 0. The summed E-state index contributed by atoms with van der Waals surface area (Å²) in [5.41, 5.74) is -0.706. The van der Waals surface area contributed by atoms with E-state index in [1.807, 2.05) is 12.2 Å². The van der Waals surface area contributed by atoms with E-state index in [-0.39, 0.29) is 17.8 Å². The van der Waals surface area contributed by atoms with E-state index in [0.29, 0.717) is 6.42 Å². The molecule has 1 N–H and O–H groups in total. The fraction of sp³-hybridized carbons (Fsp3) is 0.545. The van der Waals surface area contributed by atoms with Crippen molar-refractivity contribution >= 4 is 0 Å². The molecule has 2 aliphatic rings. The maximum absolute atomic E-state index is 10.3. The smallest absolute Gasteiger partial charge is 0.0819 e. The average Bonchev–Trinajstić information content (AvgIpc) is 2.57. The Morgan fingerprint density at radius 2 is 2.46 bits per heavy atom. The molecule has 68 valence electrons. The van der Waals surface area contributed by atoms with E-state index in [4.69, 9.17) is 5.26 Å². The van der Waals surface area contributed by atoms with Crippen molar-refractivity contribution in [3.63, 3.8) is 0 Å². The standard InChI is InChI=1S/C11H13NO/c1-2-5-11(13)9-3-4-10(11)8(6-9)7-12/h2-4,8-10,13H,1,5-6H2/t8-,9-,10+,11+/m1/s1. The Labute approximate surface area is 78.2 Å². The molecule has 4 atom stereocenters. The summed E-state index contributed by atoms with van der Waals surface area (Å²) in [6.45, 7) is 3.65. The van der Waals surface area contributed by atoms with Crippen molar-refractivity contribution in [1.82, 2.24) is 0 Å². The summed E-state index contributed by atoms with van der Waals surface area (Å²) in [4.78, 5) is 0. The van der Waals surface area contributed by atoms with Crippen LogP contribution < -0.4 is 0 Å². The third kappa shape index (κ3) is 0.973. The number of nitrogens with zero attached hydrogens (tertiary/aromatic N) is 1. The second-order valence-corrected chi connectivity index (χ2v) is 3.97. The van der Waals surface area contributed by atoms with E-state index in [1.54, 1.807) is 6.08 Å². The molecule has 2 nitrogen and oxygen atoms in total. The van der Waals surface area contributed by atoms with Crippen LogP contribution in [0.4, 0.5) is 0 Å². The maximum atomic E-state index is 10.3. The van der Waals surface area contributed by atoms with Crippen LogP contribution in [0.3, 0.4) is 0 Å². The van der Waals surface area contributed by atoms with Crippen LogP contribution in [0.2, 0.25) is 0 Å². The zero-order chi connectivity index (χ0) is 9.47. The predicted molar refractivity (Wildman–Crippen MR) is 49.6 cm³/mol. The topological polar surface area (TPSA) is 44.0 Å². The van der Waals surface area contributed by atoms with E-state index in [0.717, 1.165) is 6.42 Å². The molecule has 2 rings (SSSR count). The molecule has 2 bridgehead atoms. The molecule has 13 heavy (non-hydrogen) atoms. The Balaban J connectivity index is 2.28. The lowest BCUT2D eigenvalue weighted by Gasteiger charge is -2.27. The molecule has 0 aromatic carbocycles. The number of fused-ring (bicyclic) bond motifs is 2. The van der Waals surface area contributed by atoms with E-state index < -0.39 is 5.60 Å². The van der Waals surface area contributed by atoms with Crippen molar-refractivity contribution in [1.29, 1.82) is 5.26 Å². The lowest BCUT2D eigenvalue weighted by atomic mass is 9.85. The van der Waals surface area contributed by atoms with Crippen LogP contribution in [0.5, 0.6) is 0 Å². The monoisotopic (exact) mass is 175 g/mol. The first-order valence-corrected chi connectivity index (χ1v) is 4.63. The van der Waals surface area contributed by atoms with Gasteiger partial charge in [0.05, 0.1) is 17.6 Å². The van der Waals surface area contributed by atoms with Gasteiger partial charge in [-0.2, -0.15) is 5.26 Å². The first kappa shape index (κ1) is 8.52. The maximum Gasteiger partial charge on any atom is 0.0819 e. The minimum Gasteiger partial charge on any atom is -0.388 e. The third-order valence-electron chi connectivity index (χ3n) is 3.35. The fourth-order valence-electron chi connectivity index (χ4n) is 2.67. The zero-order valence-corrected chi connectivity index (χ0v) is 7.48. The highest BCUT2D eigenvalue weighted by Gasteiger charge is 2.54. The summed E-state index contributed by atoms with van der Waals surface area (Å²) in [5, 5.41) is 19.2. The van der Waals surface area contributed by atoms with Crippen molar-refractivity contribution in [2.45, 2.75) is 18.4 Å². The molecule has 1 saturated carbocycles. The van der Waals surface area contributed by atoms with Crippen LogP contribution in [-0.2, 0) is 0 Å². The zero-order valence-electron chi connectivity index (χ0n) is 7.48. The minimum absolute atomic E-state index is 0.0000463. The van der Waals surface area contributed by atoms with Crippen LogP contribution in [0.1, 0.15) is 12.8 Å². The van der Waals surface area contributed by atoms with E-state index >= 15 is 0 Å². The van der Waals surface area contributed by atoms with Crippen LogP contribution in [0.25, 0.3) is 0 Å². The van der Waals surface area contributed by atoms with Gasteiger partial charge in [-0.05, 0) is 12.8 Å². The molecule has 0 saturated heterocycles. The van der Waals surface area contributed by atoms with Gasteiger partial charge in [-0.15, -0.1) is 6.58 Å². The fourth-order valence-corrected chi connectivity index (χ4v) is 2.67. The van der Waals surface area contributed by atoms with Gasteiger partial charge < -0.3 is 5.11 Å². The molecule has 0 aromatic heterocycles. The molecule has 0 heterocycles. The van der Waals surface area contributed by atoms with Gasteiger partial charge in [0, 0.05) is 11.8 Å². The van der Waals surface area contributed by atoms with Gasteiger partial charge >= 0.3 is 0 Å². The van der Waals surface area contributed by atoms with Crippen LogP contribution in [-0.4, -0.2) is 10.7 Å². The molecule has 0 radical (unpaired) electrons. The Hall–Kier alpha value is -1.07. The molecule has 2 aliphatic carbocycles. The molecular formula is C11H13NO. The van der Waals surface area contributed by atoms with Crippen LogP contribution in [0.15, 0.2) is 24.8 Å². The van der Waals surface area contributed by atoms with Crippen LogP contribution in [0, 0.1) is 29.1 Å².